The lowest BCUT2D eigenvalue weighted by atomic mass is 10.2. The SMILES string of the molecule is O=[N+]([O-])c1ccccc1CS(=O)(=O)Nc1ccc(OC(F)F)cc1. The number of ether oxygens (including phenoxy) is 1. The first-order valence-electron chi connectivity index (χ1n) is 6.54. The summed E-state index contributed by atoms with van der Waals surface area (Å²) in [5.41, 5.74) is -0.147. The highest BCUT2D eigenvalue weighted by Gasteiger charge is 2.19. The van der Waals surface area contributed by atoms with Crippen molar-refractivity contribution in [2.45, 2.75) is 12.4 Å². The van der Waals surface area contributed by atoms with Crippen LogP contribution in [0.25, 0.3) is 0 Å². The maximum absolute atomic E-state index is 12.1. The fourth-order valence-electron chi connectivity index (χ4n) is 1.94. The summed E-state index contributed by atoms with van der Waals surface area (Å²) in [6, 6.07) is 10.3. The highest BCUT2D eigenvalue weighted by molar-refractivity contribution is 7.91. The third-order valence-electron chi connectivity index (χ3n) is 2.89. The van der Waals surface area contributed by atoms with Gasteiger partial charge in [0.25, 0.3) is 5.69 Å². The largest absolute Gasteiger partial charge is 0.435 e. The van der Waals surface area contributed by atoms with E-state index in [0.717, 1.165) is 0 Å². The standard InChI is InChI=1S/C14H12F2N2O5S/c15-14(16)23-12-7-5-11(6-8-12)17-24(21,22)9-10-3-1-2-4-13(10)18(19)20/h1-8,14,17H,9H2. The lowest BCUT2D eigenvalue weighted by Crippen LogP contribution is -2.15. The summed E-state index contributed by atoms with van der Waals surface area (Å²) in [5, 5.41) is 10.9. The predicted octanol–water partition coefficient (Wildman–Crippen LogP) is 3.14. The zero-order valence-electron chi connectivity index (χ0n) is 12.1. The number of anilines is 1. The van der Waals surface area contributed by atoms with E-state index >= 15 is 0 Å². The summed E-state index contributed by atoms with van der Waals surface area (Å²) in [6.07, 6.45) is 0. The minimum atomic E-state index is -3.92. The van der Waals surface area contributed by atoms with Crippen molar-refractivity contribution in [1.82, 2.24) is 0 Å². The van der Waals surface area contributed by atoms with Crippen LogP contribution in [0.2, 0.25) is 0 Å². The molecule has 0 spiro atoms. The van der Waals surface area contributed by atoms with E-state index < -0.39 is 27.3 Å². The van der Waals surface area contributed by atoms with Crippen molar-refractivity contribution < 1.29 is 26.9 Å². The molecule has 0 amide bonds. The van der Waals surface area contributed by atoms with Crippen molar-refractivity contribution in [2.24, 2.45) is 0 Å². The monoisotopic (exact) mass is 358 g/mol. The first-order chi connectivity index (χ1) is 11.3. The van der Waals surface area contributed by atoms with Gasteiger partial charge in [-0.25, -0.2) is 8.42 Å². The van der Waals surface area contributed by atoms with E-state index in [9.17, 15) is 27.3 Å². The first kappa shape index (κ1) is 17.6. The molecule has 0 radical (unpaired) electrons. The Balaban J connectivity index is 2.13. The Morgan fingerprint density at radius 3 is 2.33 bits per heavy atom. The van der Waals surface area contributed by atoms with Crippen LogP contribution in [0.4, 0.5) is 20.2 Å². The van der Waals surface area contributed by atoms with Crippen molar-refractivity contribution in [1.29, 1.82) is 0 Å². The highest BCUT2D eigenvalue weighted by Crippen LogP contribution is 2.22. The Morgan fingerprint density at radius 1 is 1.12 bits per heavy atom. The molecule has 0 saturated carbocycles. The molecule has 0 fully saturated rings. The Kier molecular flexibility index (Phi) is 5.29. The second-order valence-corrected chi connectivity index (χ2v) is 6.37. The fraction of sp³-hybridized carbons (Fsp3) is 0.143. The van der Waals surface area contributed by atoms with Gasteiger partial charge in [0.2, 0.25) is 10.0 Å². The Hall–Kier alpha value is -2.75. The summed E-state index contributed by atoms with van der Waals surface area (Å²) in [4.78, 5) is 10.2. The summed E-state index contributed by atoms with van der Waals surface area (Å²) in [5.74, 6) is -0.717. The molecule has 0 unspecified atom stereocenters. The van der Waals surface area contributed by atoms with Crippen molar-refractivity contribution in [3.05, 3.63) is 64.2 Å². The molecule has 24 heavy (non-hydrogen) atoms. The van der Waals surface area contributed by atoms with Crippen LogP contribution in [0.5, 0.6) is 5.75 Å². The maximum Gasteiger partial charge on any atom is 0.387 e. The molecule has 10 heteroatoms. The van der Waals surface area contributed by atoms with Gasteiger partial charge in [0, 0.05) is 17.3 Å². The lowest BCUT2D eigenvalue weighted by molar-refractivity contribution is -0.385. The van der Waals surface area contributed by atoms with Crippen molar-refractivity contribution >= 4 is 21.4 Å². The molecule has 0 aromatic heterocycles. The van der Waals surface area contributed by atoms with E-state index in [1.807, 2.05) is 0 Å². The van der Waals surface area contributed by atoms with Crippen molar-refractivity contribution in [3.63, 3.8) is 0 Å². The van der Waals surface area contributed by atoms with E-state index in [4.69, 9.17) is 0 Å². The number of halogens is 2. The molecule has 0 heterocycles. The number of nitro groups is 1. The molecule has 7 nitrogen and oxygen atoms in total. The second kappa shape index (κ2) is 7.21. The minimum absolute atomic E-state index is 0.0349. The average Bonchev–Trinajstić information content (AvgIpc) is 2.48. The predicted molar refractivity (Wildman–Crippen MR) is 82.4 cm³/mol. The quantitative estimate of drug-likeness (QED) is 0.606. The number of nitrogens with one attached hydrogen (secondary N) is 1. The molecule has 0 atom stereocenters. The molecule has 0 saturated heterocycles. The minimum Gasteiger partial charge on any atom is -0.435 e. The third kappa shape index (κ3) is 4.88. The van der Waals surface area contributed by atoms with Crippen LogP contribution < -0.4 is 9.46 Å². The van der Waals surface area contributed by atoms with Gasteiger partial charge in [-0.3, -0.25) is 14.8 Å². The molecule has 0 bridgehead atoms. The van der Waals surface area contributed by atoms with Crippen LogP contribution in [0.15, 0.2) is 48.5 Å². The number of hydrogen-bond acceptors (Lipinski definition) is 5. The Morgan fingerprint density at radius 2 is 1.75 bits per heavy atom. The molecule has 2 rings (SSSR count). The van der Waals surface area contributed by atoms with Gasteiger partial charge in [-0.05, 0) is 24.3 Å². The van der Waals surface area contributed by atoms with E-state index in [-0.39, 0.29) is 22.7 Å². The molecular weight excluding hydrogens is 346 g/mol. The zero-order valence-corrected chi connectivity index (χ0v) is 12.9. The van der Waals surface area contributed by atoms with Crippen LogP contribution >= 0.6 is 0 Å². The normalized spacial score (nSPS) is 11.3. The summed E-state index contributed by atoms with van der Waals surface area (Å²) in [7, 11) is -3.92. The Labute approximate surface area is 136 Å². The van der Waals surface area contributed by atoms with Crippen LogP contribution in [0.1, 0.15) is 5.56 Å². The first-order valence-corrected chi connectivity index (χ1v) is 8.20. The molecule has 2 aromatic carbocycles. The molecule has 128 valence electrons. The molecule has 0 aliphatic heterocycles. The second-order valence-electron chi connectivity index (χ2n) is 4.65. The summed E-state index contributed by atoms with van der Waals surface area (Å²) < 4.78 is 54.7. The number of hydrogen-bond donors (Lipinski definition) is 1. The molecule has 1 N–H and O–H groups in total. The van der Waals surface area contributed by atoms with E-state index in [1.165, 1.54) is 48.5 Å². The van der Waals surface area contributed by atoms with Gasteiger partial charge in [0.15, 0.2) is 0 Å². The number of rotatable bonds is 7. The van der Waals surface area contributed by atoms with Gasteiger partial charge in [0.05, 0.1) is 4.92 Å². The van der Waals surface area contributed by atoms with E-state index in [0.29, 0.717) is 0 Å². The number of para-hydroxylation sites is 1. The third-order valence-corrected chi connectivity index (χ3v) is 4.12. The number of nitrogens with zero attached hydrogens (tertiary/aromatic N) is 1. The number of nitro benzene ring substituents is 1. The van der Waals surface area contributed by atoms with E-state index in [1.54, 1.807) is 0 Å². The molecular formula is C14H12F2N2O5S. The van der Waals surface area contributed by atoms with Crippen molar-refractivity contribution in [3.8, 4) is 5.75 Å². The zero-order chi connectivity index (χ0) is 17.7. The van der Waals surface area contributed by atoms with Crippen LogP contribution in [-0.2, 0) is 15.8 Å². The highest BCUT2D eigenvalue weighted by atomic mass is 32.2. The van der Waals surface area contributed by atoms with Gasteiger partial charge < -0.3 is 4.74 Å². The van der Waals surface area contributed by atoms with Crippen LogP contribution in [0, 0.1) is 10.1 Å². The van der Waals surface area contributed by atoms with Crippen LogP contribution in [-0.4, -0.2) is 20.0 Å². The van der Waals surface area contributed by atoms with E-state index in [2.05, 4.69) is 9.46 Å². The van der Waals surface area contributed by atoms with Crippen LogP contribution in [0.3, 0.4) is 0 Å². The van der Waals surface area contributed by atoms with Gasteiger partial charge in [-0.15, -0.1) is 0 Å². The molecule has 0 aliphatic rings. The van der Waals surface area contributed by atoms with Crippen molar-refractivity contribution in [2.75, 3.05) is 4.72 Å². The number of alkyl halides is 2. The number of benzene rings is 2. The maximum atomic E-state index is 12.1. The summed E-state index contributed by atoms with van der Waals surface area (Å²) >= 11 is 0. The Bertz CT molecular complexity index is 825. The van der Waals surface area contributed by atoms with Gasteiger partial charge in [-0.1, -0.05) is 18.2 Å². The molecule has 2 aromatic rings. The fourth-order valence-corrected chi connectivity index (χ4v) is 3.16. The van der Waals surface area contributed by atoms with Gasteiger partial charge in [0.1, 0.15) is 11.5 Å². The number of sulfonamides is 1. The van der Waals surface area contributed by atoms with Gasteiger partial charge >= 0.3 is 6.61 Å². The molecule has 0 aliphatic carbocycles. The summed E-state index contributed by atoms with van der Waals surface area (Å²) in [6.45, 7) is -2.98. The lowest BCUT2D eigenvalue weighted by Gasteiger charge is -2.09. The van der Waals surface area contributed by atoms with Gasteiger partial charge in [-0.2, -0.15) is 8.78 Å². The smallest absolute Gasteiger partial charge is 0.387 e. The topological polar surface area (TPSA) is 98.5 Å². The average molecular weight is 358 g/mol.